The summed E-state index contributed by atoms with van der Waals surface area (Å²) in [4.78, 5) is 25.8. The first-order valence-electron chi connectivity index (χ1n) is 9.58. The van der Waals surface area contributed by atoms with Crippen LogP contribution in [0.5, 0.6) is 0 Å². The molecule has 0 aliphatic heterocycles. The summed E-state index contributed by atoms with van der Waals surface area (Å²) in [5.41, 5.74) is 4.59. The smallest absolute Gasteiger partial charge is 0.339 e. The van der Waals surface area contributed by atoms with E-state index < -0.39 is 5.97 Å². The number of rotatable bonds is 8. The van der Waals surface area contributed by atoms with Gasteiger partial charge in [0.15, 0.2) is 0 Å². The third kappa shape index (κ3) is 5.23. The molecule has 2 rings (SSSR count). The third-order valence-corrected chi connectivity index (χ3v) is 4.62. The summed E-state index contributed by atoms with van der Waals surface area (Å²) in [5, 5.41) is 0. The van der Waals surface area contributed by atoms with Crippen LogP contribution in [0, 0.1) is 13.8 Å². The van der Waals surface area contributed by atoms with Gasteiger partial charge in [0, 0.05) is 41.5 Å². The van der Waals surface area contributed by atoms with Gasteiger partial charge in [-0.15, -0.1) is 0 Å². The second kappa shape index (κ2) is 10.1. The van der Waals surface area contributed by atoms with Crippen molar-refractivity contribution >= 4 is 11.7 Å². The Bertz CT molecular complexity index is 849. The molecule has 0 saturated carbocycles. The number of aliphatic imine (C=N–C) groups is 1. The van der Waals surface area contributed by atoms with Crippen LogP contribution in [-0.4, -0.2) is 47.5 Å². The van der Waals surface area contributed by atoms with Crippen LogP contribution in [-0.2, 0) is 9.47 Å². The lowest BCUT2D eigenvalue weighted by Crippen LogP contribution is -2.26. The molecular weight excluding hydrogens is 354 g/mol. The summed E-state index contributed by atoms with van der Waals surface area (Å²) in [6, 6.07) is 5.68. The van der Waals surface area contributed by atoms with Gasteiger partial charge in [-0.1, -0.05) is 6.92 Å². The molecule has 0 amide bonds. The number of carbonyl (C=O) groups excluding carboxylic acids is 1. The molecule has 2 aromatic heterocycles. The standard InChI is InChI=1S/C22H29N3O3/c1-7-20(16(5)28-8-2)25-21(17-9-10-23-14(3)11-17)19-12-18(22(26)27-6)13-24-15(19)4/h9-13,16,20H,7-8H2,1-6H3. The quantitative estimate of drug-likeness (QED) is 0.510. The van der Waals surface area contributed by atoms with Gasteiger partial charge in [0.2, 0.25) is 0 Å². The van der Waals surface area contributed by atoms with Crippen LogP contribution in [0.3, 0.4) is 0 Å². The van der Waals surface area contributed by atoms with Crippen molar-refractivity contribution in [1.29, 1.82) is 0 Å². The van der Waals surface area contributed by atoms with E-state index in [0.29, 0.717) is 12.2 Å². The number of hydrogen-bond donors (Lipinski definition) is 0. The molecule has 2 heterocycles. The van der Waals surface area contributed by atoms with Crippen molar-refractivity contribution < 1.29 is 14.3 Å². The summed E-state index contributed by atoms with van der Waals surface area (Å²) in [6.45, 7) is 10.6. The first-order chi connectivity index (χ1) is 13.4. The molecule has 0 radical (unpaired) electrons. The third-order valence-electron chi connectivity index (χ3n) is 4.62. The zero-order valence-corrected chi connectivity index (χ0v) is 17.5. The highest BCUT2D eigenvalue weighted by Gasteiger charge is 2.20. The Morgan fingerprint density at radius 3 is 2.54 bits per heavy atom. The predicted molar refractivity (Wildman–Crippen MR) is 110 cm³/mol. The highest BCUT2D eigenvalue weighted by molar-refractivity contribution is 6.14. The molecule has 0 aliphatic carbocycles. The Labute approximate surface area is 167 Å². The molecule has 0 N–H and O–H groups in total. The maximum Gasteiger partial charge on any atom is 0.339 e. The monoisotopic (exact) mass is 383 g/mol. The summed E-state index contributed by atoms with van der Waals surface area (Å²) in [5.74, 6) is -0.422. The maximum atomic E-state index is 12.0. The van der Waals surface area contributed by atoms with Gasteiger partial charge < -0.3 is 9.47 Å². The number of methoxy groups -OCH3 is 1. The zero-order valence-electron chi connectivity index (χ0n) is 17.5. The van der Waals surface area contributed by atoms with Crippen molar-refractivity contribution in [2.45, 2.75) is 53.2 Å². The van der Waals surface area contributed by atoms with Gasteiger partial charge in [0.1, 0.15) is 0 Å². The molecule has 0 aliphatic rings. The Kier molecular flexibility index (Phi) is 7.81. The van der Waals surface area contributed by atoms with Gasteiger partial charge in [-0.3, -0.25) is 15.0 Å². The second-order valence-electron chi connectivity index (χ2n) is 6.65. The van der Waals surface area contributed by atoms with E-state index in [1.54, 1.807) is 12.3 Å². The van der Waals surface area contributed by atoms with Crippen molar-refractivity contribution in [2.24, 2.45) is 4.99 Å². The second-order valence-corrected chi connectivity index (χ2v) is 6.65. The Hall–Kier alpha value is -2.60. The first kappa shape index (κ1) is 21.7. The minimum absolute atomic E-state index is 0.0232. The Morgan fingerprint density at radius 2 is 1.93 bits per heavy atom. The summed E-state index contributed by atoms with van der Waals surface area (Å²) < 4.78 is 10.7. The number of nitrogens with zero attached hydrogens (tertiary/aromatic N) is 3. The topological polar surface area (TPSA) is 73.7 Å². The molecule has 6 nitrogen and oxygen atoms in total. The van der Waals surface area contributed by atoms with Gasteiger partial charge >= 0.3 is 5.97 Å². The van der Waals surface area contributed by atoms with E-state index in [0.717, 1.165) is 34.6 Å². The van der Waals surface area contributed by atoms with Crippen LogP contribution in [0.4, 0.5) is 0 Å². The number of esters is 1. The van der Waals surface area contributed by atoms with Crippen molar-refractivity contribution in [3.05, 3.63) is 58.7 Å². The van der Waals surface area contributed by atoms with Crippen molar-refractivity contribution in [3.63, 3.8) is 0 Å². The number of pyridine rings is 2. The molecule has 28 heavy (non-hydrogen) atoms. The fourth-order valence-corrected chi connectivity index (χ4v) is 3.06. The van der Waals surface area contributed by atoms with Crippen LogP contribution in [0.25, 0.3) is 0 Å². The molecule has 150 valence electrons. The normalized spacial score (nSPS) is 13.9. The molecule has 2 unspecified atom stereocenters. The average Bonchev–Trinajstić information content (AvgIpc) is 2.69. The van der Waals surface area contributed by atoms with E-state index in [2.05, 4.69) is 16.9 Å². The van der Waals surface area contributed by atoms with Crippen molar-refractivity contribution in [3.8, 4) is 0 Å². The van der Waals surface area contributed by atoms with E-state index in [1.807, 2.05) is 39.8 Å². The minimum atomic E-state index is -0.422. The highest BCUT2D eigenvalue weighted by atomic mass is 16.5. The van der Waals surface area contributed by atoms with E-state index in [4.69, 9.17) is 14.5 Å². The molecule has 0 aromatic carbocycles. The van der Waals surface area contributed by atoms with Crippen LogP contribution < -0.4 is 0 Å². The Morgan fingerprint density at radius 1 is 1.18 bits per heavy atom. The highest BCUT2D eigenvalue weighted by Crippen LogP contribution is 2.19. The predicted octanol–water partition coefficient (Wildman–Crippen LogP) is 3.92. The molecule has 2 atom stereocenters. The molecule has 2 aromatic rings. The van der Waals surface area contributed by atoms with Crippen LogP contribution in [0.15, 0.2) is 35.6 Å². The van der Waals surface area contributed by atoms with E-state index in [9.17, 15) is 4.79 Å². The number of hydrogen-bond acceptors (Lipinski definition) is 6. The van der Waals surface area contributed by atoms with Gasteiger partial charge in [-0.25, -0.2) is 4.79 Å². The summed E-state index contributed by atoms with van der Waals surface area (Å²) in [7, 11) is 1.36. The zero-order chi connectivity index (χ0) is 20.7. The van der Waals surface area contributed by atoms with Gasteiger partial charge in [0.25, 0.3) is 0 Å². The molecule has 0 saturated heterocycles. The van der Waals surface area contributed by atoms with Crippen LogP contribution >= 0.6 is 0 Å². The maximum absolute atomic E-state index is 12.0. The number of aromatic nitrogens is 2. The fraction of sp³-hybridized carbons (Fsp3) is 0.455. The molecule has 0 spiro atoms. The van der Waals surface area contributed by atoms with Gasteiger partial charge in [-0.05, 0) is 52.3 Å². The minimum Gasteiger partial charge on any atom is -0.465 e. The number of aryl methyl sites for hydroxylation is 2. The molecule has 0 fully saturated rings. The van der Waals surface area contributed by atoms with Crippen LogP contribution in [0.2, 0.25) is 0 Å². The lowest BCUT2D eigenvalue weighted by Gasteiger charge is -2.21. The number of carbonyl (C=O) groups is 1. The largest absolute Gasteiger partial charge is 0.465 e. The molecular formula is C22H29N3O3. The average molecular weight is 383 g/mol. The van der Waals surface area contributed by atoms with Crippen LogP contribution in [0.1, 0.15) is 60.1 Å². The SMILES string of the molecule is CCOC(C)C(CC)N=C(c1ccnc(C)c1)c1cc(C(=O)OC)cnc1C. The van der Waals surface area contributed by atoms with Crippen molar-refractivity contribution in [1.82, 2.24) is 9.97 Å². The lowest BCUT2D eigenvalue weighted by atomic mass is 9.98. The van der Waals surface area contributed by atoms with Gasteiger partial charge in [-0.2, -0.15) is 0 Å². The Balaban J connectivity index is 2.65. The molecule has 6 heteroatoms. The first-order valence-corrected chi connectivity index (χ1v) is 9.58. The van der Waals surface area contributed by atoms with E-state index in [1.165, 1.54) is 13.3 Å². The summed E-state index contributed by atoms with van der Waals surface area (Å²) in [6.07, 6.45) is 4.10. The van der Waals surface area contributed by atoms with Crippen molar-refractivity contribution in [2.75, 3.05) is 13.7 Å². The van der Waals surface area contributed by atoms with E-state index in [-0.39, 0.29) is 12.1 Å². The van der Waals surface area contributed by atoms with E-state index >= 15 is 0 Å². The lowest BCUT2D eigenvalue weighted by molar-refractivity contribution is 0.0573. The molecule has 0 bridgehead atoms. The summed E-state index contributed by atoms with van der Waals surface area (Å²) >= 11 is 0. The fourth-order valence-electron chi connectivity index (χ4n) is 3.06. The number of ether oxygens (including phenoxy) is 2. The van der Waals surface area contributed by atoms with Gasteiger partial charge in [0.05, 0.1) is 30.5 Å².